The molecule has 0 aliphatic carbocycles. The minimum atomic E-state index is -0.112. The van der Waals surface area contributed by atoms with E-state index in [9.17, 15) is 4.79 Å². The average Bonchev–Trinajstić information content (AvgIpc) is 3.32. The number of carbonyl (C=O) groups is 1. The molecule has 0 spiro atoms. The summed E-state index contributed by atoms with van der Waals surface area (Å²) < 4.78 is 13.0. The van der Waals surface area contributed by atoms with E-state index in [0.717, 1.165) is 49.4 Å². The third kappa shape index (κ3) is 3.21. The van der Waals surface area contributed by atoms with Crippen LogP contribution in [-0.2, 0) is 17.8 Å². The summed E-state index contributed by atoms with van der Waals surface area (Å²) in [7, 11) is 1.64. The molecule has 2 aromatic rings. The number of fused-ring (bicyclic) bond motifs is 1. The molecule has 1 aromatic heterocycles. The molecule has 1 saturated heterocycles. The van der Waals surface area contributed by atoms with Crippen LogP contribution in [0.3, 0.4) is 0 Å². The molecule has 6 nitrogen and oxygen atoms in total. The Morgan fingerprint density at radius 2 is 2.36 bits per heavy atom. The maximum absolute atomic E-state index is 13.1. The third-order valence-electron chi connectivity index (χ3n) is 5.15. The van der Waals surface area contributed by atoms with Crippen molar-refractivity contribution in [3.8, 4) is 11.5 Å². The second kappa shape index (κ2) is 6.78. The molecule has 0 N–H and O–H groups in total. The van der Waals surface area contributed by atoms with Gasteiger partial charge in [-0.1, -0.05) is 6.07 Å². The van der Waals surface area contributed by atoms with Crippen LogP contribution >= 0.6 is 0 Å². The highest BCUT2D eigenvalue weighted by atomic mass is 16.5. The average molecular weight is 341 g/mol. The topological polar surface area (TPSA) is 56.6 Å². The summed E-state index contributed by atoms with van der Waals surface area (Å²) >= 11 is 0. The van der Waals surface area contributed by atoms with Crippen molar-refractivity contribution < 1.29 is 14.3 Å². The van der Waals surface area contributed by atoms with Crippen molar-refractivity contribution in [2.24, 2.45) is 5.92 Å². The molecule has 1 amide bonds. The molecule has 2 aliphatic heterocycles. The Morgan fingerprint density at radius 3 is 3.16 bits per heavy atom. The standard InChI is InChI=1S/C19H23N3O3/c1-24-17-6-5-14-10-15(13-25-18(14)11-17)19(23)22-9-2-4-16(22)12-21-8-3-7-20-21/h3,5-8,11,15-16H,2,4,9-10,12-13H2,1H3. The first kappa shape index (κ1) is 16.0. The highest BCUT2D eigenvalue weighted by Gasteiger charge is 2.35. The molecule has 4 rings (SSSR count). The van der Waals surface area contributed by atoms with E-state index in [2.05, 4.69) is 5.10 Å². The van der Waals surface area contributed by atoms with Gasteiger partial charge >= 0.3 is 0 Å². The predicted octanol–water partition coefficient (Wildman–Crippen LogP) is 2.13. The summed E-state index contributed by atoms with van der Waals surface area (Å²) in [4.78, 5) is 15.1. The summed E-state index contributed by atoms with van der Waals surface area (Å²) in [5, 5.41) is 4.27. The van der Waals surface area contributed by atoms with Gasteiger partial charge in [0.15, 0.2) is 0 Å². The first-order chi connectivity index (χ1) is 12.2. The number of rotatable bonds is 4. The molecule has 0 radical (unpaired) electrons. The SMILES string of the molecule is COc1ccc2c(c1)OCC(C(=O)N1CCCC1Cn1cccn1)C2. The lowest BCUT2D eigenvalue weighted by Crippen LogP contribution is -2.44. The van der Waals surface area contributed by atoms with Gasteiger partial charge < -0.3 is 14.4 Å². The zero-order valence-electron chi connectivity index (χ0n) is 14.4. The minimum Gasteiger partial charge on any atom is -0.497 e. The van der Waals surface area contributed by atoms with Gasteiger partial charge in [-0.25, -0.2) is 0 Å². The lowest BCUT2D eigenvalue weighted by molar-refractivity contribution is -0.138. The van der Waals surface area contributed by atoms with E-state index in [4.69, 9.17) is 9.47 Å². The van der Waals surface area contributed by atoms with Gasteiger partial charge in [0.25, 0.3) is 0 Å². The molecule has 6 heteroatoms. The van der Waals surface area contributed by atoms with E-state index in [1.807, 2.05) is 40.0 Å². The van der Waals surface area contributed by atoms with Gasteiger partial charge in [0.05, 0.1) is 25.6 Å². The molecule has 2 aliphatic rings. The fraction of sp³-hybridized carbons (Fsp3) is 0.474. The Kier molecular flexibility index (Phi) is 4.34. The van der Waals surface area contributed by atoms with Gasteiger partial charge in [-0.15, -0.1) is 0 Å². The Labute approximate surface area is 147 Å². The maximum atomic E-state index is 13.1. The largest absolute Gasteiger partial charge is 0.497 e. The van der Waals surface area contributed by atoms with Crippen LogP contribution in [0, 0.1) is 5.92 Å². The van der Waals surface area contributed by atoms with Crippen LogP contribution < -0.4 is 9.47 Å². The molecule has 25 heavy (non-hydrogen) atoms. The molecule has 1 fully saturated rings. The van der Waals surface area contributed by atoms with Crippen LogP contribution in [-0.4, -0.2) is 46.9 Å². The number of ether oxygens (including phenoxy) is 2. The fourth-order valence-corrected chi connectivity index (χ4v) is 3.81. The van der Waals surface area contributed by atoms with Crippen LogP contribution in [0.15, 0.2) is 36.7 Å². The molecule has 2 unspecified atom stereocenters. The number of nitrogens with zero attached hydrogens (tertiary/aromatic N) is 3. The molecule has 1 aromatic carbocycles. The number of benzene rings is 1. The zero-order valence-corrected chi connectivity index (χ0v) is 14.4. The zero-order chi connectivity index (χ0) is 17.2. The number of amides is 1. The van der Waals surface area contributed by atoms with Gasteiger partial charge in [0.2, 0.25) is 5.91 Å². The number of carbonyl (C=O) groups excluding carboxylic acids is 1. The number of likely N-dealkylation sites (tertiary alicyclic amines) is 1. The van der Waals surface area contributed by atoms with E-state index < -0.39 is 0 Å². The second-order valence-corrected chi connectivity index (χ2v) is 6.74. The highest BCUT2D eigenvalue weighted by Crippen LogP contribution is 2.32. The highest BCUT2D eigenvalue weighted by molar-refractivity contribution is 5.80. The monoisotopic (exact) mass is 341 g/mol. The van der Waals surface area contributed by atoms with E-state index in [-0.39, 0.29) is 17.9 Å². The quantitative estimate of drug-likeness (QED) is 0.855. The van der Waals surface area contributed by atoms with Crippen molar-refractivity contribution in [1.29, 1.82) is 0 Å². The molecular weight excluding hydrogens is 318 g/mol. The van der Waals surface area contributed by atoms with Gasteiger partial charge in [0, 0.05) is 25.0 Å². The van der Waals surface area contributed by atoms with E-state index in [1.54, 1.807) is 13.3 Å². The normalized spacial score (nSPS) is 22.4. The second-order valence-electron chi connectivity index (χ2n) is 6.74. The lowest BCUT2D eigenvalue weighted by atomic mass is 9.95. The number of hydrogen-bond acceptors (Lipinski definition) is 4. The molecule has 0 saturated carbocycles. The van der Waals surface area contributed by atoms with Crippen molar-refractivity contribution in [2.45, 2.75) is 31.8 Å². The number of hydrogen-bond donors (Lipinski definition) is 0. The van der Waals surface area contributed by atoms with Crippen molar-refractivity contribution in [1.82, 2.24) is 14.7 Å². The molecule has 132 valence electrons. The Morgan fingerprint density at radius 1 is 1.44 bits per heavy atom. The molecular formula is C19H23N3O3. The Balaban J connectivity index is 1.45. The molecule has 2 atom stereocenters. The van der Waals surface area contributed by atoms with Crippen molar-refractivity contribution in [3.05, 3.63) is 42.2 Å². The van der Waals surface area contributed by atoms with Crippen molar-refractivity contribution in [3.63, 3.8) is 0 Å². The van der Waals surface area contributed by atoms with Crippen LogP contribution in [0.5, 0.6) is 11.5 Å². The van der Waals surface area contributed by atoms with Crippen LogP contribution in [0.2, 0.25) is 0 Å². The van der Waals surface area contributed by atoms with Crippen molar-refractivity contribution >= 4 is 5.91 Å². The number of aromatic nitrogens is 2. The summed E-state index contributed by atoms with van der Waals surface area (Å²) in [6.07, 6.45) is 6.55. The van der Waals surface area contributed by atoms with Gasteiger partial charge in [-0.3, -0.25) is 9.48 Å². The van der Waals surface area contributed by atoms with Crippen LogP contribution in [0.1, 0.15) is 18.4 Å². The van der Waals surface area contributed by atoms with E-state index >= 15 is 0 Å². The lowest BCUT2D eigenvalue weighted by Gasteiger charge is -2.31. The smallest absolute Gasteiger partial charge is 0.229 e. The van der Waals surface area contributed by atoms with Crippen LogP contribution in [0.25, 0.3) is 0 Å². The van der Waals surface area contributed by atoms with E-state index in [0.29, 0.717) is 6.61 Å². The number of methoxy groups -OCH3 is 1. The molecule has 0 bridgehead atoms. The Bertz CT molecular complexity index is 744. The summed E-state index contributed by atoms with van der Waals surface area (Å²) in [5.74, 6) is 1.70. The van der Waals surface area contributed by atoms with Crippen molar-refractivity contribution in [2.75, 3.05) is 20.3 Å². The predicted molar refractivity (Wildman–Crippen MR) is 92.6 cm³/mol. The minimum absolute atomic E-state index is 0.112. The summed E-state index contributed by atoms with van der Waals surface area (Å²) in [5.41, 5.74) is 1.08. The van der Waals surface area contributed by atoms with Gasteiger partial charge in [0.1, 0.15) is 18.1 Å². The van der Waals surface area contributed by atoms with Gasteiger partial charge in [-0.05, 0) is 37.0 Å². The van der Waals surface area contributed by atoms with E-state index in [1.165, 1.54) is 0 Å². The third-order valence-corrected chi connectivity index (χ3v) is 5.15. The first-order valence-electron chi connectivity index (χ1n) is 8.82. The fourth-order valence-electron chi connectivity index (χ4n) is 3.81. The summed E-state index contributed by atoms with van der Waals surface area (Å²) in [6.45, 7) is 2.03. The van der Waals surface area contributed by atoms with Gasteiger partial charge in [-0.2, -0.15) is 5.10 Å². The molecule has 3 heterocycles. The Hall–Kier alpha value is -2.50. The first-order valence-corrected chi connectivity index (χ1v) is 8.82. The summed E-state index contributed by atoms with van der Waals surface area (Å²) in [6, 6.07) is 7.96. The maximum Gasteiger partial charge on any atom is 0.229 e. The van der Waals surface area contributed by atoms with Crippen LogP contribution in [0.4, 0.5) is 0 Å².